The Kier molecular flexibility index (Phi) is 3.07. The van der Waals surface area contributed by atoms with Crippen LogP contribution in [0.1, 0.15) is 24.6 Å². The number of aliphatic hydroxyl groups excluding tert-OH is 1. The van der Waals surface area contributed by atoms with Gasteiger partial charge in [0.05, 0.1) is 23.6 Å². The number of β-lactam (4-membered cyclic amide) rings is 1. The summed E-state index contributed by atoms with van der Waals surface area (Å²) in [6.45, 7) is 1.60. The van der Waals surface area contributed by atoms with Gasteiger partial charge in [0, 0.05) is 22.6 Å². The van der Waals surface area contributed by atoms with Crippen LogP contribution in [0, 0.1) is 11.8 Å². The molecule has 6 nitrogen and oxygen atoms in total. The van der Waals surface area contributed by atoms with Gasteiger partial charge in [-0.05, 0) is 37.5 Å². The third-order valence-corrected chi connectivity index (χ3v) is 5.98. The fourth-order valence-corrected chi connectivity index (χ4v) is 4.92. The fraction of sp³-hybridized carbons (Fsp3) is 0.350. The summed E-state index contributed by atoms with van der Waals surface area (Å²) >= 11 is 0. The minimum atomic E-state index is -1.09. The monoisotopic (exact) mass is 350 g/mol. The van der Waals surface area contributed by atoms with Crippen LogP contribution in [0.3, 0.4) is 0 Å². The van der Waals surface area contributed by atoms with Gasteiger partial charge in [-0.2, -0.15) is 0 Å². The number of aliphatic carboxylic acids is 1. The summed E-state index contributed by atoms with van der Waals surface area (Å²) in [5, 5.41) is 20.8. The Bertz CT molecular complexity index is 1010. The van der Waals surface area contributed by atoms with E-state index < -0.39 is 18.0 Å². The van der Waals surface area contributed by atoms with Crippen molar-refractivity contribution >= 4 is 28.4 Å². The van der Waals surface area contributed by atoms with Gasteiger partial charge in [-0.15, -0.1) is 0 Å². The highest BCUT2D eigenvalue weighted by atomic mass is 16.4. The van der Waals surface area contributed by atoms with Crippen molar-refractivity contribution in [3.8, 4) is 0 Å². The second-order valence-corrected chi connectivity index (χ2v) is 7.35. The third-order valence-electron chi connectivity index (χ3n) is 5.98. The average molecular weight is 350 g/mol. The van der Waals surface area contributed by atoms with Crippen molar-refractivity contribution in [2.24, 2.45) is 11.8 Å². The number of fused-ring (bicyclic) bond motifs is 6. The van der Waals surface area contributed by atoms with Crippen LogP contribution in [0.15, 0.2) is 36.0 Å². The summed E-state index contributed by atoms with van der Waals surface area (Å²) < 4.78 is 0. The zero-order chi connectivity index (χ0) is 18.2. The lowest BCUT2D eigenvalue weighted by Gasteiger charge is -2.47. The summed E-state index contributed by atoms with van der Waals surface area (Å²) in [5.74, 6) is -1.97. The first-order valence-electron chi connectivity index (χ1n) is 8.86. The number of benzene rings is 1. The van der Waals surface area contributed by atoms with Crippen LogP contribution < -0.4 is 0 Å². The molecule has 2 N–H and O–H groups in total. The second kappa shape index (κ2) is 5.14. The van der Waals surface area contributed by atoms with Crippen LogP contribution >= 0.6 is 0 Å². The fourth-order valence-electron chi connectivity index (χ4n) is 4.92. The molecule has 0 unspecified atom stereocenters. The van der Waals surface area contributed by atoms with Crippen LogP contribution in [0.4, 0.5) is 0 Å². The summed E-state index contributed by atoms with van der Waals surface area (Å²) in [5.41, 5.74) is 3.39. The number of carboxylic acids is 1. The Balaban J connectivity index is 1.73. The molecule has 0 saturated carbocycles. The largest absolute Gasteiger partial charge is 0.477 e. The molecule has 5 rings (SSSR count). The second-order valence-electron chi connectivity index (χ2n) is 7.35. The van der Waals surface area contributed by atoms with Gasteiger partial charge in [-0.1, -0.05) is 18.2 Å². The molecule has 4 atom stereocenters. The maximum absolute atomic E-state index is 12.5. The molecule has 0 spiro atoms. The van der Waals surface area contributed by atoms with Gasteiger partial charge in [0.2, 0.25) is 5.91 Å². The number of pyridine rings is 1. The average Bonchev–Trinajstić information content (AvgIpc) is 2.90. The Morgan fingerprint density at radius 1 is 1.35 bits per heavy atom. The van der Waals surface area contributed by atoms with Crippen molar-refractivity contribution < 1.29 is 19.8 Å². The van der Waals surface area contributed by atoms with Crippen molar-refractivity contribution in [1.82, 2.24) is 9.88 Å². The number of carbonyl (C=O) groups excluding carboxylic acids is 1. The van der Waals surface area contributed by atoms with Crippen LogP contribution in [0.25, 0.3) is 16.5 Å². The van der Waals surface area contributed by atoms with Crippen molar-refractivity contribution in [1.29, 1.82) is 0 Å². The summed E-state index contributed by atoms with van der Waals surface area (Å²) in [4.78, 5) is 30.7. The molecule has 1 aromatic carbocycles. The van der Waals surface area contributed by atoms with Gasteiger partial charge < -0.3 is 15.1 Å². The SMILES string of the molecule is C[C@@H](O)[C@H]1C(=O)N2C(C(=O)O)=C3c4cc5ccccc5nc4CC[C@H]3[C@H]12. The van der Waals surface area contributed by atoms with Crippen LogP contribution in [-0.4, -0.2) is 44.1 Å². The minimum Gasteiger partial charge on any atom is -0.477 e. The number of amides is 1. The summed E-state index contributed by atoms with van der Waals surface area (Å²) in [6.07, 6.45) is 0.697. The maximum atomic E-state index is 12.5. The molecule has 2 aromatic rings. The maximum Gasteiger partial charge on any atom is 0.352 e. The predicted molar refractivity (Wildman–Crippen MR) is 93.9 cm³/mol. The van der Waals surface area contributed by atoms with E-state index in [1.54, 1.807) is 6.92 Å². The molecule has 1 aromatic heterocycles. The normalized spacial score (nSPS) is 27.7. The zero-order valence-electron chi connectivity index (χ0n) is 14.2. The van der Waals surface area contributed by atoms with Gasteiger partial charge in [-0.25, -0.2) is 4.79 Å². The molecule has 1 saturated heterocycles. The van der Waals surface area contributed by atoms with Crippen molar-refractivity contribution in [2.75, 3.05) is 0 Å². The first-order valence-corrected chi connectivity index (χ1v) is 8.86. The van der Waals surface area contributed by atoms with Gasteiger partial charge in [0.1, 0.15) is 5.70 Å². The summed E-state index contributed by atoms with van der Waals surface area (Å²) in [7, 11) is 0. The number of aromatic nitrogens is 1. The molecule has 132 valence electrons. The molecular formula is C20H18N2O4. The van der Waals surface area contributed by atoms with Gasteiger partial charge in [0.25, 0.3) is 0 Å². The van der Waals surface area contributed by atoms with Crippen LogP contribution in [0.5, 0.6) is 0 Å². The third kappa shape index (κ3) is 1.82. The van der Waals surface area contributed by atoms with Gasteiger partial charge in [-0.3, -0.25) is 9.78 Å². The standard InChI is InChI=1S/C20H18N2O4/c1-9(23)15-17-11-6-7-14-12(8-10-4-2-3-5-13(10)21-14)16(11)18(20(25)26)22(17)19(15)24/h2-5,8-9,11,15,17,23H,6-7H2,1H3,(H,25,26)/t9-,11-,15-,17-/m1/s1. The lowest BCUT2D eigenvalue weighted by Crippen LogP contribution is -2.64. The number of carboxylic acid groups (broad SMARTS) is 1. The summed E-state index contributed by atoms with van der Waals surface area (Å²) in [6, 6.07) is 9.50. The lowest BCUT2D eigenvalue weighted by molar-refractivity contribution is -0.163. The molecule has 6 heteroatoms. The quantitative estimate of drug-likeness (QED) is 0.806. The van der Waals surface area contributed by atoms with Crippen LogP contribution in [-0.2, 0) is 16.0 Å². The van der Waals surface area contributed by atoms with E-state index in [0.29, 0.717) is 5.57 Å². The molecule has 1 amide bonds. The van der Waals surface area contributed by atoms with Gasteiger partial charge in [0.15, 0.2) is 0 Å². The van der Waals surface area contributed by atoms with Crippen LogP contribution in [0.2, 0.25) is 0 Å². The minimum absolute atomic E-state index is 0.0612. The van der Waals surface area contributed by atoms with E-state index in [2.05, 4.69) is 0 Å². The molecule has 1 fully saturated rings. The number of hydrogen-bond acceptors (Lipinski definition) is 4. The molecule has 3 aliphatic rings. The number of nitrogens with zero attached hydrogens (tertiary/aromatic N) is 2. The molecular weight excluding hydrogens is 332 g/mol. The molecule has 2 aliphatic heterocycles. The number of hydrogen-bond donors (Lipinski definition) is 2. The molecule has 1 aliphatic carbocycles. The zero-order valence-corrected chi connectivity index (χ0v) is 14.2. The Hall–Kier alpha value is -2.73. The first kappa shape index (κ1) is 15.5. The highest BCUT2D eigenvalue weighted by Crippen LogP contribution is 2.54. The van der Waals surface area contributed by atoms with E-state index >= 15 is 0 Å². The highest BCUT2D eigenvalue weighted by molar-refractivity contribution is 6.07. The van der Waals surface area contributed by atoms with E-state index in [1.807, 2.05) is 30.3 Å². The van der Waals surface area contributed by atoms with Crippen molar-refractivity contribution in [3.63, 3.8) is 0 Å². The topological polar surface area (TPSA) is 90.7 Å². The lowest BCUT2D eigenvalue weighted by atomic mass is 9.71. The molecule has 26 heavy (non-hydrogen) atoms. The smallest absolute Gasteiger partial charge is 0.352 e. The van der Waals surface area contributed by atoms with Gasteiger partial charge >= 0.3 is 5.97 Å². The van der Waals surface area contributed by atoms with E-state index in [0.717, 1.165) is 35.0 Å². The Labute approximate surface area is 149 Å². The number of para-hydroxylation sites is 1. The number of aliphatic hydroxyl groups is 1. The van der Waals surface area contributed by atoms with E-state index in [4.69, 9.17) is 4.98 Å². The Morgan fingerprint density at radius 3 is 2.85 bits per heavy atom. The molecule has 0 bridgehead atoms. The number of aryl methyl sites for hydroxylation is 1. The van der Waals surface area contributed by atoms with E-state index in [9.17, 15) is 19.8 Å². The first-order chi connectivity index (χ1) is 12.5. The van der Waals surface area contributed by atoms with E-state index in [-0.39, 0.29) is 23.6 Å². The number of rotatable bonds is 2. The van der Waals surface area contributed by atoms with Crippen molar-refractivity contribution in [3.05, 3.63) is 47.3 Å². The van der Waals surface area contributed by atoms with E-state index in [1.165, 1.54) is 4.90 Å². The number of carbonyl (C=O) groups is 2. The molecule has 3 heterocycles. The highest BCUT2D eigenvalue weighted by Gasteiger charge is 2.61. The predicted octanol–water partition coefficient (Wildman–Crippen LogP) is 1.81. The molecule has 0 radical (unpaired) electrons. The Morgan fingerprint density at radius 2 is 2.12 bits per heavy atom. The van der Waals surface area contributed by atoms with Crippen molar-refractivity contribution in [2.45, 2.75) is 31.9 Å².